The lowest BCUT2D eigenvalue weighted by Gasteiger charge is -2.09. The van der Waals surface area contributed by atoms with Gasteiger partial charge in [0.15, 0.2) is 5.13 Å². The van der Waals surface area contributed by atoms with Crippen molar-refractivity contribution in [3.05, 3.63) is 88.4 Å². The molecule has 0 aliphatic carbocycles. The molecule has 4 rings (SSSR count). The number of amides is 1. The minimum atomic E-state index is -0.125. The Morgan fingerprint density at radius 2 is 1.79 bits per heavy atom. The number of thiazole rings is 1. The van der Waals surface area contributed by atoms with Crippen molar-refractivity contribution in [2.24, 2.45) is 0 Å². The molecule has 0 saturated carbocycles. The highest BCUT2D eigenvalue weighted by Gasteiger charge is 2.08. The van der Waals surface area contributed by atoms with Crippen LogP contribution in [0.4, 0.5) is 10.8 Å². The lowest BCUT2D eigenvalue weighted by Crippen LogP contribution is -2.21. The number of anilines is 2. The fourth-order valence-corrected chi connectivity index (χ4v) is 3.96. The molecule has 4 aromatic rings. The number of fused-ring (bicyclic) bond motifs is 1. The Hall–Kier alpha value is -2.89. The van der Waals surface area contributed by atoms with E-state index in [-0.39, 0.29) is 12.5 Å². The van der Waals surface area contributed by atoms with E-state index in [0.717, 1.165) is 38.3 Å². The van der Waals surface area contributed by atoms with Crippen LogP contribution in [-0.2, 0) is 11.2 Å². The summed E-state index contributed by atoms with van der Waals surface area (Å²) in [6.45, 7) is 0.181. The van der Waals surface area contributed by atoms with Gasteiger partial charge in [-0.2, -0.15) is 0 Å². The first-order valence-electron chi connectivity index (χ1n) is 8.88. The minimum Gasteiger partial charge on any atom is -0.376 e. The first-order chi connectivity index (χ1) is 13.7. The number of nitrogens with zero attached hydrogens (tertiary/aromatic N) is 1. The summed E-state index contributed by atoms with van der Waals surface area (Å²) < 4.78 is 0. The molecule has 0 bridgehead atoms. The smallest absolute Gasteiger partial charge is 0.245 e. The summed E-state index contributed by atoms with van der Waals surface area (Å²) in [5.74, 6) is -0.125. The molecule has 0 aliphatic rings. The van der Waals surface area contributed by atoms with Crippen molar-refractivity contribution >= 4 is 50.4 Å². The van der Waals surface area contributed by atoms with E-state index in [2.05, 4.69) is 27.8 Å². The molecule has 0 aliphatic heterocycles. The number of hydrogen-bond donors (Lipinski definition) is 2. The Bertz CT molecular complexity index is 1100. The number of nitrogens with one attached hydrogen (secondary N) is 2. The molecule has 0 radical (unpaired) electrons. The summed E-state index contributed by atoms with van der Waals surface area (Å²) in [5, 5.41) is 9.63. The Balaban J connectivity index is 1.35. The van der Waals surface area contributed by atoms with E-state index < -0.39 is 0 Å². The Labute approximate surface area is 172 Å². The molecule has 0 unspecified atom stereocenters. The molecular formula is C22H18ClN3OS. The second-order valence-corrected chi connectivity index (χ2v) is 7.92. The monoisotopic (exact) mass is 407 g/mol. The van der Waals surface area contributed by atoms with E-state index >= 15 is 0 Å². The minimum absolute atomic E-state index is 0.125. The fraction of sp³-hybridized carbons (Fsp3) is 0.0909. The van der Waals surface area contributed by atoms with Gasteiger partial charge in [-0.25, -0.2) is 4.98 Å². The van der Waals surface area contributed by atoms with E-state index in [4.69, 9.17) is 11.6 Å². The van der Waals surface area contributed by atoms with Crippen LogP contribution in [0.15, 0.2) is 72.9 Å². The van der Waals surface area contributed by atoms with Gasteiger partial charge in [0.2, 0.25) is 5.91 Å². The van der Waals surface area contributed by atoms with Gasteiger partial charge in [-0.15, -0.1) is 11.3 Å². The molecule has 1 heterocycles. The average Bonchev–Trinajstić information content (AvgIpc) is 3.15. The highest BCUT2D eigenvalue weighted by atomic mass is 35.5. The van der Waals surface area contributed by atoms with Crippen LogP contribution in [-0.4, -0.2) is 17.4 Å². The number of halogens is 1. The third-order valence-electron chi connectivity index (χ3n) is 4.32. The molecule has 140 valence electrons. The number of rotatable bonds is 6. The predicted octanol–water partition coefficient (Wildman–Crippen LogP) is 5.59. The van der Waals surface area contributed by atoms with Crippen LogP contribution < -0.4 is 10.6 Å². The third kappa shape index (κ3) is 4.50. The summed E-state index contributed by atoms with van der Waals surface area (Å²) >= 11 is 7.40. The topological polar surface area (TPSA) is 54.0 Å². The van der Waals surface area contributed by atoms with Crippen molar-refractivity contribution in [1.82, 2.24) is 4.98 Å². The molecule has 2 N–H and O–H groups in total. The standard InChI is InChI=1S/C22H18ClN3OS/c23-17-10-8-15(9-11-17)12-18-13-25-22(28-18)26-21(27)14-24-20-7-3-5-16-4-1-2-6-19(16)20/h1-11,13,24H,12,14H2,(H,25,26,27). The summed E-state index contributed by atoms with van der Waals surface area (Å²) in [4.78, 5) is 17.7. The maximum absolute atomic E-state index is 12.3. The van der Waals surface area contributed by atoms with Gasteiger partial charge in [0, 0.05) is 33.6 Å². The average molecular weight is 408 g/mol. The molecule has 28 heavy (non-hydrogen) atoms. The molecule has 0 fully saturated rings. The van der Waals surface area contributed by atoms with Gasteiger partial charge in [0.05, 0.1) is 6.54 Å². The van der Waals surface area contributed by atoms with Crippen molar-refractivity contribution in [3.8, 4) is 0 Å². The quantitative estimate of drug-likeness (QED) is 0.438. The lowest BCUT2D eigenvalue weighted by atomic mass is 10.1. The van der Waals surface area contributed by atoms with E-state index in [9.17, 15) is 4.79 Å². The molecule has 0 atom stereocenters. The molecule has 1 amide bonds. The van der Waals surface area contributed by atoms with Gasteiger partial charge in [0.1, 0.15) is 0 Å². The number of carbonyl (C=O) groups excluding carboxylic acids is 1. The van der Waals surface area contributed by atoms with Crippen LogP contribution in [0.3, 0.4) is 0 Å². The zero-order chi connectivity index (χ0) is 19.3. The SMILES string of the molecule is O=C(CNc1cccc2ccccc12)Nc1ncc(Cc2ccc(Cl)cc2)s1. The van der Waals surface area contributed by atoms with Crippen LogP contribution in [0, 0.1) is 0 Å². The van der Waals surface area contributed by atoms with Gasteiger partial charge in [-0.3, -0.25) is 4.79 Å². The van der Waals surface area contributed by atoms with Crippen LogP contribution >= 0.6 is 22.9 Å². The van der Waals surface area contributed by atoms with Crippen LogP contribution in [0.1, 0.15) is 10.4 Å². The zero-order valence-electron chi connectivity index (χ0n) is 15.0. The van der Waals surface area contributed by atoms with Crippen molar-refractivity contribution in [1.29, 1.82) is 0 Å². The van der Waals surface area contributed by atoms with E-state index in [1.165, 1.54) is 11.3 Å². The van der Waals surface area contributed by atoms with Crippen LogP contribution in [0.2, 0.25) is 5.02 Å². The maximum atomic E-state index is 12.3. The third-order valence-corrected chi connectivity index (χ3v) is 5.49. The molecule has 0 spiro atoms. The molecular weight excluding hydrogens is 390 g/mol. The first kappa shape index (κ1) is 18.5. The van der Waals surface area contributed by atoms with E-state index in [1.54, 1.807) is 6.20 Å². The van der Waals surface area contributed by atoms with Gasteiger partial charge in [0.25, 0.3) is 0 Å². The highest BCUT2D eigenvalue weighted by molar-refractivity contribution is 7.15. The second-order valence-electron chi connectivity index (χ2n) is 6.36. The Morgan fingerprint density at radius 3 is 2.64 bits per heavy atom. The summed E-state index contributed by atoms with van der Waals surface area (Å²) in [5.41, 5.74) is 2.10. The second kappa shape index (κ2) is 8.42. The van der Waals surface area contributed by atoms with Gasteiger partial charge < -0.3 is 10.6 Å². The lowest BCUT2D eigenvalue weighted by molar-refractivity contribution is -0.114. The normalized spacial score (nSPS) is 10.8. The van der Waals surface area contributed by atoms with Crippen molar-refractivity contribution < 1.29 is 4.79 Å². The number of hydrogen-bond acceptors (Lipinski definition) is 4. The number of benzene rings is 3. The first-order valence-corrected chi connectivity index (χ1v) is 10.1. The van der Waals surface area contributed by atoms with Crippen LogP contribution in [0.25, 0.3) is 10.8 Å². The zero-order valence-corrected chi connectivity index (χ0v) is 16.6. The van der Waals surface area contributed by atoms with Gasteiger partial charge in [-0.1, -0.05) is 60.1 Å². The number of aromatic nitrogens is 1. The van der Waals surface area contributed by atoms with Gasteiger partial charge in [-0.05, 0) is 29.1 Å². The predicted molar refractivity (Wildman–Crippen MR) is 117 cm³/mol. The van der Waals surface area contributed by atoms with Crippen LogP contribution in [0.5, 0.6) is 0 Å². The van der Waals surface area contributed by atoms with Crippen molar-refractivity contribution in [3.63, 3.8) is 0 Å². The molecule has 3 aromatic carbocycles. The van der Waals surface area contributed by atoms with Crippen molar-refractivity contribution in [2.75, 3.05) is 17.2 Å². The van der Waals surface area contributed by atoms with E-state index in [0.29, 0.717) is 5.13 Å². The molecule has 4 nitrogen and oxygen atoms in total. The Morgan fingerprint density at radius 1 is 1.00 bits per heavy atom. The summed E-state index contributed by atoms with van der Waals surface area (Å²) in [6.07, 6.45) is 2.56. The summed E-state index contributed by atoms with van der Waals surface area (Å²) in [6, 6.07) is 21.8. The molecule has 6 heteroatoms. The van der Waals surface area contributed by atoms with E-state index in [1.807, 2.05) is 54.6 Å². The molecule has 1 aromatic heterocycles. The Kier molecular flexibility index (Phi) is 5.55. The van der Waals surface area contributed by atoms with Crippen molar-refractivity contribution in [2.45, 2.75) is 6.42 Å². The number of carbonyl (C=O) groups is 1. The maximum Gasteiger partial charge on any atom is 0.245 e. The summed E-state index contributed by atoms with van der Waals surface area (Å²) in [7, 11) is 0. The largest absolute Gasteiger partial charge is 0.376 e. The molecule has 0 saturated heterocycles. The van der Waals surface area contributed by atoms with Gasteiger partial charge >= 0.3 is 0 Å². The fourth-order valence-electron chi connectivity index (χ4n) is 2.97. The highest BCUT2D eigenvalue weighted by Crippen LogP contribution is 2.24.